The molecule has 1 aromatic heterocycles. The average molecular weight is 478 g/mol. The molecule has 0 spiro atoms. The maximum Gasteiger partial charge on any atom is 0.268 e. The number of anilines is 1. The summed E-state index contributed by atoms with van der Waals surface area (Å²) in [7, 11) is 0. The highest BCUT2D eigenvalue weighted by atomic mass is 32.2. The lowest BCUT2D eigenvalue weighted by atomic mass is 10.0. The molecule has 5 nitrogen and oxygen atoms in total. The van der Waals surface area contributed by atoms with Crippen molar-refractivity contribution in [2.75, 3.05) is 17.2 Å². The van der Waals surface area contributed by atoms with Crippen LogP contribution in [0.3, 0.4) is 0 Å². The van der Waals surface area contributed by atoms with Gasteiger partial charge in [0.05, 0.1) is 16.3 Å². The van der Waals surface area contributed by atoms with Crippen molar-refractivity contribution in [1.82, 2.24) is 9.55 Å². The number of hydrogen-bond acceptors (Lipinski definition) is 5. The maximum atomic E-state index is 13.4. The van der Waals surface area contributed by atoms with E-state index in [-0.39, 0.29) is 17.2 Å². The monoisotopic (exact) mass is 477 g/mol. The Morgan fingerprint density at radius 3 is 2.79 bits per heavy atom. The van der Waals surface area contributed by atoms with Crippen LogP contribution in [0.2, 0.25) is 0 Å². The van der Waals surface area contributed by atoms with E-state index in [1.807, 2.05) is 41.3 Å². The van der Waals surface area contributed by atoms with Crippen LogP contribution in [0.25, 0.3) is 0 Å². The first-order valence-corrected chi connectivity index (χ1v) is 13.3. The number of amides is 1. The Labute approximate surface area is 202 Å². The van der Waals surface area contributed by atoms with Crippen LogP contribution < -0.4 is 10.5 Å². The van der Waals surface area contributed by atoms with Gasteiger partial charge in [0, 0.05) is 30.4 Å². The van der Waals surface area contributed by atoms with E-state index in [1.165, 1.54) is 22.9 Å². The van der Waals surface area contributed by atoms with Gasteiger partial charge in [0.15, 0.2) is 5.16 Å². The van der Waals surface area contributed by atoms with Gasteiger partial charge in [-0.05, 0) is 36.5 Å². The summed E-state index contributed by atoms with van der Waals surface area (Å²) in [5.41, 5.74) is 4.34. The maximum absolute atomic E-state index is 13.4. The molecule has 0 bridgehead atoms. The first-order chi connectivity index (χ1) is 16.1. The van der Waals surface area contributed by atoms with Crippen molar-refractivity contribution < 1.29 is 4.79 Å². The van der Waals surface area contributed by atoms with Crippen molar-refractivity contribution in [3.8, 4) is 0 Å². The zero-order valence-corrected chi connectivity index (χ0v) is 20.3. The Morgan fingerprint density at radius 1 is 1.15 bits per heavy atom. The van der Waals surface area contributed by atoms with Crippen molar-refractivity contribution in [3.05, 3.63) is 81.8 Å². The zero-order chi connectivity index (χ0) is 22.8. The van der Waals surface area contributed by atoms with Gasteiger partial charge < -0.3 is 4.90 Å². The number of aryl methyl sites for hydroxylation is 2. The van der Waals surface area contributed by atoms with E-state index in [4.69, 9.17) is 4.98 Å². The second kappa shape index (κ2) is 9.77. The fourth-order valence-corrected chi connectivity index (χ4v) is 6.55. The van der Waals surface area contributed by atoms with Crippen molar-refractivity contribution in [3.63, 3.8) is 0 Å². The molecule has 0 fully saturated rings. The van der Waals surface area contributed by atoms with Gasteiger partial charge in [-0.3, -0.25) is 14.2 Å². The number of hydrogen-bond donors (Lipinski definition) is 0. The van der Waals surface area contributed by atoms with Gasteiger partial charge in [-0.15, -0.1) is 11.8 Å². The molecule has 0 radical (unpaired) electrons. The Hall–Kier alpha value is -2.51. The number of benzene rings is 2. The summed E-state index contributed by atoms with van der Waals surface area (Å²) in [5.74, 6) is 0.340. The van der Waals surface area contributed by atoms with Gasteiger partial charge in [0.1, 0.15) is 0 Å². The summed E-state index contributed by atoms with van der Waals surface area (Å²) < 4.78 is 1.78. The van der Waals surface area contributed by atoms with E-state index in [0.29, 0.717) is 17.0 Å². The van der Waals surface area contributed by atoms with Gasteiger partial charge in [-0.2, -0.15) is 0 Å². The number of para-hydroxylation sites is 1. The molecule has 0 aliphatic carbocycles. The lowest BCUT2D eigenvalue weighted by Gasteiger charge is -2.29. The fraction of sp³-hybridized carbons (Fsp3) is 0.346. The van der Waals surface area contributed by atoms with Gasteiger partial charge >= 0.3 is 0 Å². The predicted molar refractivity (Wildman–Crippen MR) is 136 cm³/mol. The largest absolute Gasteiger partial charge is 0.311 e. The van der Waals surface area contributed by atoms with Crippen molar-refractivity contribution >= 4 is 35.1 Å². The molecule has 2 aliphatic rings. The van der Waals surface area contributed by atoms with Crippen molar-refractivity contribution in [2.24, 2.45) is 0 Å². The second-order valence-corrected chi connectivity index (χ2v) is 11.0. The SMILES string of the molecule is C[C@H]1Cc2nc(SCC(=O)N3CCCc4ccccc43)n(CCc3ccccc3)c(=O)c2S1. The van der Waals surface area contributed by atoms with Crippen LogP contribution in [0.15, 0.2) is 69.4 Å². The third-order valence-electron chi connectivity index (χ3n) is 6.17. The minimum Gasteiger partial charge on any atom is -0.311 e. The Kier molecular flexibility index (Phi) is 6.60. The number of thioether (sulfide) groups is 2. The van der Waals surface area contributed by atoms with Crippen LogP contribution >= 0.6 is 23.5 Å². The molecule has 0 saturated carbocycles. The van der Waals surface area contributed by atoms with E-state index in [9.17, 15) is 9.59 Å². The predicted octanol–water partition coefficient (Wildman–Crippen LogP) is 4.59. The highest BCUT2D eigenvalue weighted by molar-refractivity contribution is 8.00. The minimum absolute atomic E-state index is 0.0311. The van der Waals surface area contributed by atoms with Crippen LogP contribution in [0.1, 0.15) is 30.2 Å². The minimum atomic E-state index is 0.0311. The molecular formula is C26H27N3O2S2. The van der Waals surface area contributed by atoms with E-state index in [1.54, 1.807) is 16.3 Å². The average Bonchev–Trinajstić information content (AvgIpc) is 3.23. The number of aromatic nitrogens is 2. The highest BCUT2D eigenvalue weighted by Crippen LogP contribution is 2.34. The summed E-state index contributed by atoms with van der Waals surface area (Å²) in [6.07, 6.45) is 3.54. The quantitative estimate of drug-likeness (QED) is 0.384. The van der Waals surface area contributed by atoms with Gasteiger partial charge in [-0.25, -0.2) is 4.98 Å². The third-order valence-corrected chi connectivity index (χ3v) is 8.34. The van der Waals surface area contributed by atoms with Gasteiger partial charge in [0.2, 0.25) is 5.91 Å². The van der Waals surface area contributed by atoms with E-state index < -0.39 is 0 Å². The van der Waals surface area contributed by atoms with Crippen LogP contribution in [-0.2, 0) is 30.6 Å². The smallest absolute Gasteiger partial charge is 0.268 e. The number of rotatable bonds is 6. The number of carbonyl (C=O) groups excluding carboxylic acids is 1. The number of fused-ring (bicyclic) bond motifs is 2. The molecule has 5 rings (SSSR count). The van der Waals surface area contributed by atoms with Crippen LogP contribution in [0, 0.1) is 0 Å². The summed E-state index contributed by atoms with van der Waals surface area (Å²) >= 11 is 3.01. The standard InChI is InChI=1S/C26H27N3O2S2/c1-18-16-21-24(33-18)25(31)29(15-13-19-8-3-2-4-9-19)26(27-21)32-17-23(30)28-14-7-11-20-10-5-6-12-22(20)28/h2-6,8-10,12,18H,7,11,13-17H2,1H3/t18-/m0/s1. The van der Waals surface area contributed by atoms with Crippen molar-refractivity contribution in [1.29, 1.82) is 0 Å². The first-order valence-electron chi connectivity index (χ1n) is 11.5. The molecule has 0 saturated heterocycles. The topological polar surface area (TPSA) is 55.2 Å². The van der Waals surface area contributed by atoms with E-state index in [0.717, 1.165) is 48.5 Å². The molecule has 2 aliphatic heterocycles. The number of carbonyl (C=O) groups is 1. The summed E-state index contributed by atoms with van der Waals surface area (Å²) in [6.45, 7) is 3.42. The lowest BCUT2D eigenvalue weighted by molar-refractivity contribution is -0.116. The first kappa shape index (κ1) is 22.3. The molecule has 2 aromatic carbocycles. The Bertz CT molecular complexity index is 1230. The van der Waals surface area contributed by atoms with Crippen LogP contribution in [0.5, 0.6) is 0 Å². The summed E-state index contributed by atoms with van der Waals surface area (Å²) in [5, 5.41) is 1.01. The van der Waals surface area contributed by atoms with E-state index >= 15 is 0 Å². The highest BCUT2D eigenvalue weighted by Gasteiger charge is 2.27. The van der Waals surface area contributed by atoms with Gasteiger partial charge in [-0.1, -0.05) is 67.2 Å². The molecule has 1 atom stereocenters. The number of nitrogens with zero attached hydrogens (tertiary/aromatic N) is 3. The summed E-state index contributed by atoms with van der Waals surface area (Å²) in [4.78, 5) is 34.1. The normalized spacial score (nSPS) is 17.0. The van der Waals surface area contributed by atoms with Gasteiger partial charge in [0.25, 0.3) is 5.56 Å². The Morgan fingerprint density at radius 2 is 1.94 bits per heavy atom. The molecule has 170 valence electrons. The van der Waals surface area contributed by atoms with E-state index in [2.05, 4.69) is 25.1 Å². The third kappa shape index (κ3) is 4.75. The fourth-order valence-electron chi connectivity index (χ4n) is 4.52. The van der Waals surface area contributed by atoms with Crippen molar-refractivity contribution in [2.45, 2.75) is 54.5 Å². The molecule has 1 amide bonds. The molecule has 3 aromatic rings. The second-order valence-electron chi connectivity index (χ2n) is 8.56. The zero-order valence-electron chi connectivity index (χ0n) is 18.7. The lowest BCUT2D eigenvalue weighted by Crippen LogP contribution is -2.37. The summed E-state index contributed by atoms with van der Waals surface area (Å²) in [6, 6.07) is 18.3. The Balaban J connectivity index is 1.38. The van der Waals surface area contributed by atoms with Crippen LogP contribution in [-0.4, -0.2) is 33.0 Å². The molecule has 33 heavy (non-hydrogen) atoms. The molecule has 3 heterocycles. The van der Waals surface area contributed by atoms with Crippen LogP contribution in [0.4, 0.5) is 5.69 Å². The molecule has 0 unspecified atom stereocenters. The molecule has 0 N–H and O–H groups in total. The molecule has 7 heteroatoms. The molecular weight excluding hydrogens is 450 g/mol.